The van der Waals surface area contributed by atoms with E-state index in [1.165, 1.54) is 0 Å². The number of carbonyl (C=O) groups is 1. The van der Waals surface area contributed by atoms with E-state index in [0.717, 1.165) is 65.2 Å². The second-order valence-electron chi connectivity index (χ2n) is 8.68. The number of aromatic nitrogens is 3. The van der Waals surface area contributed by atoms with Gasteiger partial charge in [0.05, 0.1) is 12.1 Å². The summed E-state index contributed by atoms with van der Waals surface area (Å²) in [5.41, 5.74) is 11.8. The molecule has 170 valence electrons. The van der Waals surface area contributed by atoms with Crippen LogP contribution in [0.3, 0.4) is 0 Å². The van der Waals surface area contributed by atoms with Gasteiger partial charge in [-0.1, -0.05) is 6.92 Å². The number of oxazole rings is 1. The van der Waals surface area contributed by atoms with Crippen molar-refractivity contribution in [1.29, 1.82) is 0 Å². The molecule has 1 fully saturated rings. The van der Waals surface area contributed by atoms with E-state index in [1.807, 2.05) is 23.1 Å². The van der Waals surface area contributed by atoms with Gasteiger partial charge in [0.2, 0.25) is 0 Å². The summed E-state index contributed by atoms with van der Waals surface area (Å²) in [5, 5.41) is 9.66. The van der Waals surface area contributed by atoms with Crippen LogP contribution in [0.5, 0.6) is 5.75 Å². The Labute approximate surface area is 189 Å². The Hall–Kier alpha value is -3.75. The first kappa shape index (κ1) is 19.9. The van der Waals surface area contributed by atoms with Gasteiger partial charge in [0.15, 0.2) is 5.58 Å². The van der Waals surface area contributed by atoms with Crippen LogP contribution in [0, 0.1) is 0 Å². The third-order valence-electron chi connectivity index (χ3n) is 6.67. The number of imidazole rings is 1. The maximum atomic E-state index is 11.8. The highest BCUT2D eigenvalue weighted by atomic mass is 16.5. The highest BCUT2D eigenvalue weighted by Gasteiger charge is 2.32. The molecule has 3 N–H and O–H groups in total. The Morgan fingerprint density at radius 1 is 1.18 bits per heavy atom. The second kappa shape index (κ2) is 7.40. The molecule has 2 aromatic carbocycles. The van der Waals surface area contributed by atoms with Crippen molar-refractivity contribution in [2.75, 3.05) is 23.8 Å². The molecule has 0 aliphatic carbocycles. The Morgan fingerprint density at radius 3 is 2.88 bits per heavy atom. The molecule has 9 heteroatoms. The summed E-state index contributed by atoms with van der Waals surface area (Å²) in [7, 11) is 0. The lowest BCUT2D eigenvalue weighted by Crippen LogP contribution is -2.35. The molecule has 1 saturated heterocycles. The molecule has 2 aromatic heterocycles. The van der Waals surface area contributed by atoms with Crippen molar-refractivity contribution in [2.24, 2.45) is 0 Å². The van der Waals surface area contributed by atoms with Crippen molar-refractivity contribution < 1.29 is 19.1 Å². The Kier molecular flexibility index (Phi) is 4.46. The predicted molar refractivity (Wildman–Crippen MR) is 125 cm³/mol. The summed E-state index contributed by atoms with van der Waals surface area (Å²) in [4.78, 5) is 23.1. The zero-order chi connectivity index (χ0) is 22.7. The number of carboxylic acids is 1. The first-order chi connectivity index (χ1) is 16.0. The van der Waals surface area contributed by atoms with Crippen molar-refractivity contribution in [3.8, 4) is 17.1 Å². The number of ether oxygens (including phenoxy) is 1. The van der Waals surface area contributed by atoms with Crippen LogP contribution in [0.25, 0.3) is 33.5 Å². The molecule has 0 spiro atoms. The number of hydrogen-bond acceptors (Lipinski definition) is 7. The van der Waals surface area contributed by atoms with E-state index in [1.54, 1.807) is 0 Å². The van der Waals surface area contributed by atoms with Gasteiger partial charge in [-0.15, -0.1) is 0 Å². The van der Waals surface area contributed by atoms with Crippen molar-refractivity contribution >= 4 is 39.8 Å². The fraction of sp³-hybridized carbons (Fsp3) is 0.375. The van der Waals surface area contributed by atoms with Gasteiger partial charge in [-0.25, -0.2) is 9.78 Å². The maximum Gasteiger partial charge on any atom is 0.326 e. The normalized spacial score (nSPS) is 18.1. The van der Waals surface area contributed by atoms with Gasteiger partial charge >= 0.3 is 5.97 Å². The lowest BCUT2D eigenvalue weighted by molar-refractivity contribution is -0.138. The van der Waals surface area contributed by atoms with E-state index >= 15 is 0 Å². The van der Waals surface area contributed by atoms with Crippen LogP contribution in [-0.4, -0.2) is 44.8 Å². The SMILES string of the molecule is CCc1cc(-c2nc3cc(N4CCC[C@H]4C(=O)O)cc4c3n2CCCO4)cc2nc(N)oc12. The maximum absolute atomic E-state index is 11.8. The summed E-state index contributed by atoms with van der Waals surface area (Å²) in [6.45, 7) is 4.16. The van der Waals surface area contributed by atoms with E-state index in [-0.39, 0.29) is 6.01 Å². The van der Waals surface area contributed by atoms with Crippen LogP contribution >= 0.6 is 0 Å². The number of anilines is 2. The Morgan fingerprint density at radius 2 is 2.06 bits per heavy atom. The summed E-state index contributed by atoms with van der Waals surface area (Å²) in [6, 6.07) is 7.64. The summed E-state index contributed by atoms with van der Waals surface area (Å²) < 4.78 is 13.9. The molecule has 2 aliphatic rings. The topological polar surface area (TPSA) is 120 Å². The Bertz CT molecular complexity index is 1410. The first-order valence-electron chi connectivity index (χ1n) is 11.4. The predicted octanol–water partition coefficient (Wildman–Crippen LogP) is 3.83. The van der Waals surface area contributed by atoms with Gasteiger partial charge in [-0.2, -0.15) is 4.98 Å². The molecular formula is C24H25N5O4. The number of aliphatic carboxylic acids is 1. The average Bonchev–Trinajstić information content (AvgIpc) is 3.48. The van der Waals surface area contributed by atoms with Crippen LogP contribution in [-0.2, 0) is 17.8 Å². The zero-order valence-corrected chi connectivity index (χ0v) is 18.4. The van der Waals surface area contributed by atoms with Crippen LogP contribution in [0.2, 0.25) is 0 Å². The molecule has 4 aromatic rings. The lowest BCUT2D eigenvalue weighted by atomic mass is 10.1. The summed E-state index contributed by atoms with van der Waals surface area (Å²) >= 11 is 0. The van der Waals surface area contributed by atoms with Crippen LogP contribution in [0.15, 0.2) is 28.7 Å². The molecule has 4 heterocycles. The van der Waals surface area contributed by atoms with Crippen molar-refractivity contribution in [1.82, 2.24) is 14.5 Å². The van der Waals surface area contributed by atoms with E-state index in [9.17, 15) is 9.90 Å². The molecule has 0 radical (unpaired) electrons. The minimum Gasteiger partial charge on any atom is -0.491 e. The molecule has 0 saturated carbocycles. The first-order valence-corrected chi connectivity index (χ1v) is 11.4. The number of carboxylic acid groups (broad SMARTS) is 1. The van der Waals surface area contributed by atoms with E-state index < -0.39 is 12.0 Å². The molecular weight excluding hydrogens is 422 g/mol. The highest BCUT2D eigenvalue weighted by molar-refractivity contribution is 5.92. The number of nitrogen functional groups attached to an aromatic ring is 1. The quantitative estimate of drug-likeness (QED) is 0.484. The Balaban J connectivity index is 1.55. The lowest BCUT2D eigenvalue weighted by Gasteiger charge is -2.24. The van der Waals surface area contributed by atoms with E-state index in [2.05, 4.69) is 22.5 Å². The van der Waals surface area contributed by atoms with Crippen molar-refractivity contribution in [3.05, 3.63) is 29.8 Å². The summed E-state index contributed by atoms with van der Waals surface area (Å²) in [6.07, 6.45) is 3.13. The minimum atomic E-state index is -0.794. The molecule has 0 amide bonds. The van der Waals surface area contributed by atoms with Crippen molar-refractivity contribution in [3.63, 3.8) is 0 Å². The molecule has 0 bridgehead atoms. The van der Waals surface area contributed by atoms with Gasteiger partial charge < -0.3 is 29.5 Å². The molecule has 6 rings (SSSR count). The minimum absolute atomic E-state index is 0.155. The average molecular weight is 447 g/mol. The zero-order valence-electron chi connectivity index (χ0n) is 18.4. The number of nitrogens with two attached hydrogens (primary N) is 1. The number of nitrogens with zero attached hydrogens (tertiary/aromatic N) is 4. The van der Waals surface area contributed by atoms with Crippen molar-refractivity contribution in [2.45, 2.75) is 45.2 Å². The van der Waals surface area contributed by atoms with Crippen LogP contribution < -0.4 is 15.4 Å². The standard InChI is InChI=1S/C24H25N5O4/c1-2-13-9-14(10-17-21(13)33-24(25)27-17)22-26-16-11-15(28-6-3-5-18(28)23(30)31)12-19-20(16)29(22)7-4-8-32-19/h9-12,18H,2-8H2,1H3,(H2,25,27)(H,30,31)/t18-/m0/s1. The molecule has 2 aliphatic heterocycles. The van der Waals surface area contributed by atoms with Gasteiger partial charge in [0, 0.05) is 30.4 Å². The number of hydrogen-bond donors (Lipinski definition) is 2. The fourth-order valence-corrected chi connectivity index (χ4v) is 5.18. The van der Waals surface area contributed by atoms with Crippen LogP contribution in [0.1, 0.15) is 31.7 Å². The van der Waals surface area contributed by atoms with Gasteiger partial charge in [-0.05, 0) is 49.4 Å². The van der Waals surface area contributed by atoms with Gasteiger partial charge in [0.25, 0.3) is 6.01 Å². The van der Waals surface area contributed by atoms with E-state index in [4.69, 9.17) is 19.9 Å². The number of fused-ring (bicyclic) bond motifs is 1. The number of benzene rings is 2. The number of rotatable bonds is 4. The van der Waals surface area contributed by atoms with Crippen LogP contribution in [0.4, 0.5) is 11.7 Å². The number of aryl methyl sites for hydroxylation is 2. The largest absolute Gasteiger partial charge is 0.491 e. The third kappa shape index (κ3) is 3.10. The smallest absolute Gasteiger partial charge is 0.326 e. The fourth-order valence-electron chi connectivity index (χ4n) is 5.18. The molecule has 33 heavy (non-hydrogen) atoms. The van der Waals surface area contributed by atoms with Gasteiger partial charge in [-0.3, -0.25) is 0 Å². The monoisotopic (exact) mass is 447 g/mol. The molecule has 9 nitrogen and oxygen atoms in total. The van der Waals surface area contributed by atoms with Gasteiger partial charge in [0.1, 0.15) is 28.6 Å². The van der Waals surface area contributed by atoms with E-state index in [0.29, 0.717) is 30.7 Å². The second-order valence-corrected chi connectivity index (χ2v) is 8.68. The highest BCUT2D eigenvalue weighted by Crippen LogP contribution is 2.39. The molecule has 1 atom stereocenters. The summed E-state index contributed by atoms with van der Waals surface area (Å²) in [5.74, 6) is 0.790. The third-order valence-corrected chi connectivity index (χ3v) is 6.67. The molecule has 0 unspecified atom stereocenters.